The molecule has 0 spiro atoms. The molecule has 28 heavy (non-hydrogen) atoms. The Hall–Kier alpha value is -2.99. The summed E-state index contributed by atoms with van der Waals surface area (Å²) in [6.07, 6.45) is 5.78. The molecular weight excluding hydrogens is 374 g/mol. The molecule has 1 aromatic heterocycles. The topological polar surface area (TPSA) is 189 Å². The zero-order chi connectivity index (χ0) is 20.9. The van der Waals surface area contributed by atoms with Gasteiger partial charge in [-0.15, -0.1) is 5.48 Å². The summed E-state index contributed by atoms with van der Waals surface area (Å²) in [5.41, 5.74) is 2.96. The number of rotatable bonds is 9. The molecule has 1 amide bonds. The van der Waals surface area contributed by atoms with Crippen molar-refractivity contribution < 1.29 is 44.5 Å². The van der Waals surface area contributed by atoms with Crippen LogP contribution in [0.4, 0.5) is 0 Å². The molecule has 1 saturated heterocycles. The highest BCUT2D eigenvalue weighted by Gasteiger charge is 2.26. The summed E-state index contributed by atoms with van der Waals surface area (Å²) in [5.74, 6) is -3.08. The van der Waals surface area contributed by atoms with E-state index in [0.717, 1.165) is 25.1 Å². The number of aromatic nitrogens is 2. The van der Waals surface area contributed by atoms with E-state index in [4.69, 9.17) is 10.2 Å². The van der Waals surface area contributed by atoms with Crippen LogP contribution in [0.5, 0.6) is 0 Å². The number of imidazole rings is 1. The van der Waals surface area contributed by atoms with E-state index in [-0.39, 0.29) is 24.4 Å². The third kappa shape index (κ3) is 9.64. The molecule has 156 valence electrons. The lowest BCUT2D eigenvalue weighted by atomic mass is 10.1. The van der Waals surface area contributed by atoms with Gasteiger partial charge in [0, 0.05) is 19.3 Å². The fourth-order valence-corrected chi connectivity index (χ4v) is 2.43. The Labute approximate surface area is 161 Å². The van der Waals surface area contributed by atoms with Gasteiger partial charge in [0.05, 0.1) is 12.5 Å². The molecule has 0 aliphatic carbocycles. The number of amides is 1. The monoisotopic (exact) mass is 401 g/mol. The van der Waals surface area contributed by atoms with E-state index in [2.05, 4.69) is 25.6 Å². The smallest absolute Gasteiger partial charge is 0.328 e. The lowest BCUT2D eigenvalue weighted by Gasteiger charge is -2.08. The standard InChI is InChI=1S/C9H13N3O4.C7H12N2O3/c1-6(2-7-3-10-5-11-7)9(15)16-12-4-8(13)14;10-6(11)4-9-7(12)5-2-1-3-8-5/h3,5-6,12H,2,4H2,1H3,(H,10,11)(H,13,14);5,8H,1-4H2,(H,9,12)(H,10,11)/p+2. The molecule has 12 nitrogen and oxygen atoms in total. The molecule has 0 saturated carbocycles. The number of aromatic amines is 2. The average Bonchev–Trinajstić information content (AvgIpc) is 3.33. The van der Waals surface area contributed by atoms with Crippen molar-refractivity contribution in [2.24, 2.45) is 5.92 Å². The van der Waals surface area contributed by atoms with Gasteiger partial charge in [-0.25, -0.2) is 4.98 Å². The van der Waals surface area contributed by atoms with Crippen molar-refractivity contribution in [3.8, 4) is 0 Å². The molecule has 0 aromatic carbocycles. The molecule has 12 heteroatoms. The van der Waals surface area contributed by atoms with Crippen LogP contribution in [0.15, 0.2) is 12.5 Å². The van der Waals surface area contributed by atoms with Crippen LogP contribution in [0, 0.1) is 5.92 Å². The number of carbonyl (C=O) groups excluding carboxylic acids is 2. The number of carbonyl (C=O) groups is 4. The van der Waals surface area contributed by atoms with Gasteiger partial charge in [0.2, 0.25) is 6.33 Å². The number of hydroxylamine groups is 1. The van der Waals surface area contributed by atoms with Crippen LogP contribution in [-0.4, -0.2) is 64.7 Å². The predicted octanol–water partition coefficient (Wildman–Crippen LogP) is -2.95. The number of carboxylic acid groups (broad SMARTS) is 2. The maximum Gasteiger partial charge on any atom is 0.328 e. The zero-order valence-corrected chi connectivity index (χ0v) is 15.6. The second-order valence-corrected chi connectivity index (χ2v) is 6.25. The van der Waals surface area contributed by atoms with Crippen molar-refractivity contribution in [2.45, 2.75) is 32.2 Å². The Kier molecular flexibility index (Phi) is 10.2. The number of aliphatic carboxylic acids is 2. The van der Waals surface area contributed by atoms with Gasteiger partial charge in [-0.3, -0.25) is 24.2 Å². The van der Waals surface area contributed by atoms with Gasteiger partial charge in [0.15, 0.2) is 6.04 Å². The van der Waals surface area contributed by atoms with Crippen LogP contribution in [-0.2, 0) is 30.4 Å². The summed E-state index contributed by atoms with van der Waals surface area (Å²) in [7, 11) is 0. The SMILES string of the molecule is CC(Cc1c[nH+]c[nH]1)C(=O)ONCC(=O)O.O=C(O)CNC(=O)C1CCC[NH2+]1. The van der Waals surface area contributed by atoms with E-state index in [9.17, 15) is 19.2 Å². The molecule has 1 aliphatic heterocycles. The summed E-state index contributed by atoms with van der Waals surface area (Å²) in [6, 6.07) is -0.0654. The Balaban J connectivity index is 0.000000292. The number of H-pyrrole nitrogens is 2. The molecule has 1 fully saturated rings. The first-order valence-electron chi connectivity index (χ1n) is 8.81. The molecule has 2 atom stereocenters. The minimum Gasteiger partial charge on any atom is -0.480 e. The van der Waals surface area contributed by atoms with Crippen LogP contribution >= 0.6 is 0 Å². The third-order valence-electron chi connectivity index (χ3n) is 3.84. The first-order chi connectivity index (χ1) is 13.3. The molecule has 1 aliphatic rings. The molecule has 2 heterocycles. The Morgan fingerprint density at radius 1 is 1.32 bits per heavy atom. The number of nitrogens with one attached hydrogen (secondary N) is 4. The van der Waals surface area contributed by atoms with Gasteiger partial charge < -0.3 is 25.7 Å². The summed E-state index contributed by atoms with van der Waals surface area (Å²) in [4.78, 5) is 53.1. The second-order valence-electron chi connectivity index (χ2n) is 6.25. The van der Waals surface area contributed by atoms with Gasteiger partial charge in [-0.2, -0.15) is 0 Å². The lowest BCUT2D eigenvalue weighted by Crippen LogP contribution is -2.89. The Morgan fingerprint density at radius 3 is 2.57 bits per heavy atom. The largest absolute Gasteiger partial charge is 0.480 e. The molecule has 0 radical (unpaired) electrons. The molecular formula is C16H27N5O7+2. The number of carboxylic acids is 2. The quantitative estimate of drug-likeness (QED) is 0.237. The minimum atomic E-state index is -1.08. The van der Waals surface area contributed by atoms with Gasteiger partial charge in [0.1, 0.15) is 25.0 Å². The van der Waals surface area contributed by atoms with Crippen molar-refractivity contribution in [3.63, 3.8) is 0 Å². The zero-order valence-electron chi connectivity index (χ0n) is 15.6. The maximum absolute atomic E-state index is 11.3. The van der Waals surface area contributed by atoms with Crippen LogP contribution < -0.4 is 21.1 Å². The van der Waals surface area contributed by atoms with E-state index < -0.39 is 24.5 Å². The number of hydrogen-bond acceptors (Lipinski definition) is 6. The van der Waals surface area contributed by atoms with Gasteiger partial charge in [-0.05, 0) is 0 Å². The number of quaternary nitrogens is 1. The fraction of sp³-hybridized carbons (Fsp3) is 0.562. The first-order valence-corrected chi connectivity index (χ1v) is 8.81. The maximum atomic E-state index is 11.3. The predicted molar refractivity (Wildman–Crippen MR) is 92.4 cm³/mol. The minimum absolute atomic E-state index is 0.0654. The van der Waals surface area contributed by atoms with Crippen molar-refractivity contribution in [2.75, 3.05) is 19.6 Å². The molecule has 8 N–H and O–H groups in total. The fourth-order valence-electron chi connectivity index (χ4n) is 2.43. The van der Waals surface area contributed by atoms with E-state index in [1.54, 1.807) is 19.4 Å². The van der Waals surface area contributed by atoms with Crippen LogP contribution in [0.1, 0.15) is 25.5 Å². The molecule has 0 bridgehead atoms. The summed E-state index contributed by atoms with van der Waals surface area (Å²) in [6.45, 7) is 1.98. The second kappa shape index (κ2) is 12.4. The van der Waals surface area contributed by atoms with Crippen molar-refractivity contribution in [3.05, 3.63) is 18.2 Å². The molecule has 2 rings (SSSR count). The van der Waals surface area contributed by atoms with Gasteiger partial charge in [-0.1, -0.05) is 6.92 Å². The Morgan fingerprint density at radius 2 is 2.04 bits per heavy atom. The highest BCUT2D eigenvalue weighted by atomic mass is 16.7. The highest BCUT2D eigenvalue weighted by molar-refractivity contribution is 5.84. The highest BCUT2D eigenvalue weighted by Crippen LogP contribution is 2.05. The van der Waals surface area contributed by atoms with E-state index in [0.29, 0.717) is 6.42 Å². The van der Waals surface area contributed by atoms with Crippen LogP contribution in [0.3, 0.4) is 0 Å². The number of nitrogens with two attached hydrogens (primary N) is 1. The van der Waals surface area contributed by atoms with Gasteiger partial charge in [0.25, 0.3) is 5.91 Å². The van der Waals surface area contributed by atoms with E-state index in [1.807, 2.05) is 5.32 Å². The first kappa shape index (κ1) is 23.0. The van der Waals surface area contributed by atoms with E-state index >= 15 is 0 Å². The van der Waals surface area contributed by atoms with Gasteiger partial charge >= 0.3 is 17.9 Å². The summed E-state index contributed by atoms with van der Waals surface area (Å²) in [5, 5.41) is 20.9. The third-order valence-corrected chi connectivity index (χ3v) is 3.84. The summed E-state index contributed by atoms with van der Waals surface area (Å²) >= 11 is 0. The normalized spacial score (nSPS) is 16.4. The number of hydrogen-bond donors (Lipinski definition) is 6. The lowest BCUT2D eigenvalue weighted by molar-refractivity contribution is -0.657. The van der Waals surface area contributed by atoms with Crippen molar-refractivity contribution in [1.82, 2.24) is 15.8 Å². The molecule has 2 unspecified atom stereocenters. The van der Waals surface area contributed by atoms with Crippen molar-refractivity contribution >= 4 is 23.8 Å². The summed E-state index contributed by atoms with van der Waals surface area (Å²) < 4.78 is 0. The van der Waals surface area contributed by atoms with Crippen molar-refractivity contribution in [1.29, 1.82) is 0 Å². The Bertz CT molecular complexity index is 644. The molecule has 1 aromatic rings. The van der Waals surface area contributed by atoms with E-state index in [1.165, 1.54) is 0 Å². The van der Waals surface area contributed by atoms with Crippen LogP contribution in [0.2, 0.25) is 0 Å². The average molecular weight is 401 g/mol. The van der Waals surface area contributed by atoms with Crippen LogP contribution in [0.25, 0.3) is 0 Å².